The monoisotopic (exact) mass is 276 g/mol. The maximum atomic E-state index is 5.94. The summed E-state index contributed by atoms with van der Waals surface area (Å²) in [5, 5.41) is 0. The Morgan fingerprint density at radius 1 is 1.30 bits per heavy atom. The predicted molar refractivity (Wildman–Crippen MR) is 84.2 cm³/mol. The number of nitrogens with zero attached hydrogens (tertiary/aromatic N) is 1. The highest BCUT2D eigenvalue weighted by Crippen LogP contribution is 2.44. The number of rotatable bonds is 4. The maximum Gasteiger partial charge on any atom is 0.118 e. The molecule has 20 heavy (non-hydrogen) atoms. The summed E-state index contributed by atoms with van der Waals surface area (Å²) >= 11 is 0. The lowest BCUT2D eigenvalue weighted by Gasteiger charge is -2.49. The molecule has 3 atom stereocenters. The van der Waals surface area contributed by atoms with E-state index in [0.717, 1.165) is 25.3 Å². The van der Waals surface area contributed by atoms with Crippen molar-refractivity contribution in [3.63, 3.8) is 0 Å². The minimum Gasteiger partial charge on any atom is -0.497 e. The minimum absolute atomic E-state index is 0.201. The molecule has 2 N–H and O–H groups in total. The smallest absolute Gasteiger partial charge is 0.118 e. The van der Waals surface area contributed by atoms with Crippen LogP contribution >= 0.6 is 0 Å². The van der Waals surface area contributed by atoms with Gasteiger partial charge in [-0.3, -0.25) is 0 Å². The second-order valence-corrected chi connectivity index (χ2v) is 6.32. The third-order valence-corrected chi connectivity index (χ3v) is 5.17. The van der Waals surface area contributed by atoms with Crippen LogP contribution in [-0.4, -0.2) is 38.2 Å². The quantitative estimate of drug-likeness (QED) is 0.919. The van der Waals surface area contributed by atoms with Crippen molar-refractivity contribution < 1.29 is 4.74 Å². The molecule has 1 aromatic rings. The molecule has 0 aromatic heterocycles. The molecule has 0 saturated carbocycles. The molecule has 2 rings (SSSR count). The van der Waals surface area contributed by atoms with Crippen LogP contribution in [0.3, 0.4) is 0 Å². The Morgan fingerprint density at radius 2 is 1.95 bits per heavy atom. The van der Waals surface area contributed by atoms with Crippen LogP contribution in [0.4, 0.5) is 0 Å². The Morgan fingerprint density at radius 3 is 2.50 bits per heavy atom. The van der Waals surface area contributed by atoms with Crippen molar-refractivity contribution in [1.29, 1.82) is 0 Å². The highest BCUT2D eigenvalue weighted by molar-refractivity contribution is 5.34. The number of hydrogen-bond acceptors (Lipinski definition) is 3. The summed E-state index contributed by atoms with van der Waals surface area (Å²) in [6, 6.07) is 9.19. The summed E-state index contributed by atoms with van der Waals surface area (Å²) in [7, 11) is 3.94. The Kier molecular flexibility index (Phi) is 4.71. The van der Waals surface area contributed by atoms with E-state index in [2.05, 4.69) is 50.1 Å². The topological polar surface area (TPSA) is 38.5 Å². The molecule has 0 spiro atoms. The van der Waals surface area contributed by atoms with Crippen LogP contribution in [0.5, 0.6) is 5.75 Å². The third kappa shape index (κ3) is 2.70. The van der Waals surface area contributed by atoms with Crippen molar-refractivity contribution in [2.75, 3.05) is 27.2 Å². The van der Waals surface area contributed by atoms with Crippen molar-refractivity contribution >= 4 is 0 Å². The first-order valence-corrected chi connectivity index (χ1v) is 7.58. The summed E-state index contributed by atoms with van der Waals surface area (Å²) in [4.78, 5) is 2.46. The van der Waals surface area contributed by atoms with Crippen molar-refractivity contribution in [2.24, 2.45) is 11.7 Å². The van der Waals surface area contributed by atoms with Crippen LogP contribution in [0.1, 0.15) is 32.3 Å². The van der Waals surface area contributed by atoms with E-state index in [1.54, 1.807) is 7.11 Å². The minimum atomic E-state index is 0.201. The average molecular weight is 276 g/mol. The van der Waals surface area contributed by atoms with Crippen molar-refractivity contribution in [1.82, 2.24) is 4.90 Å². The zero-order valence-corrected chi connectivity index (χ0v) is 13.2. The lowest BCUT2D eigenvalue weighted by molar-refractivity contribution is 0.0703. The van der Waals surface area contributed by atoms with Crippen molar-refractivity contribution in [3.8, 4) is 5.75 Å². The van der Waals surface area contributed by atoms with Gasteiger partial charge < -0.3 is 15.4 Å². The van der Waals surface area contributed by atoms with E-state index in [-0.39, 0.29) is 5.41 Å². The Labute approximate surface area is 123 Å². The standard InChI is InChI=1S/C17H28N2O/c1-13-12-19(3)14(2)11-17(13,9-10-18)15-5-7-16(20-4)8-6-15/h5-8,13-14H,9-12,18H2,1-4H3/t13-,14-,17-/m1/s1. The fourth-order valence-electron chi connectivity index (χ4n) is 3.75. The summed E-state index contributed by atoms with van der Waals surface area (Å²) in [5.74, 6) is 1.53. The molecule has 1 saturated heterocycles. The fourth-order valence-corrected chi connectivity index (χ4v) is 3.75. The van der Waals surface area contributed by atoms with Crippen LogP contribution in [-0.2, 0) is 5.41 Å². The summed E-state index contributed by atoms with van der Waals surface area (Å²) in [5.41, 5.74) is 7.56. The molecule has 1 aliphatic heterocycles. The first kappa shape index (κ1) is 15.3. The molecule has 1 heterocycles. The lowest BCUT2D eigenvalue weighted by atomic mass is 9.63. The zero-order chi connectivity index (χ0) is 14.8. The summed E-state index contributed by atoms with van der Waals surface area (Å²) in [6.07, 6.45) is 2.23. The first-order valence-electron chi connectivity index (χ1n) is 7.58. The molecule has 1 aromatic carbocycles. The zero-order valence-electron chi connectivity index (χ0n) is 13.2. The van der Waals surface area contributed by atoms with Gasteiger partial charge in [-0.05, 0) is 57.0 Å². The van der Waals surface area contributed by atoms with Gasteiger partial charge in [-0.2, -0.15) is 0 Å². The Hall–Kier alpha value is -1.06. The van der Waals surface area contributed by atoms with Gasteiger partial charge in [0.2, 0.25) is 0 Å². The van der Waals surface area contributed by atoms with Crippen LogP contribution in [0.2, 0.25) is 0 Å². The van der Waals surface area contributed by atoms with Crippen molar-refractivity contribution in [2.45, 2.75) is 38.1 Å². The second kappa shape index (κ2) is 6.15. The lowest BCUT2D eigenvalue weighted by Crippen LogP contribution is -2.52. The predicted octanol–water partition coefficient (Wildman–Crippen LogP) is 2.64. The van der Waals surface area contributed by atoms with Gasteiger partial charge in [0.1, 0.15) is 5.75 Å². The molecular weight excluding hydrogens is 248 g/mol. The van der Waals surface area contributed by atoms with Gasteiger partial charge in [0.05, 0.1) is 7.11 Å². The molecule has 3 heteroatoms. The number of piperidine rings is 1. The molecule has 3 nitrogen and oxygen atoms in total. The van der Waals surface area contributed by atoms with Gasteiger partial charge in [0.25, 0.3) is 0 Å². The Bertz CT molecular complexity index is 431. The summed E-state index contributed by atoms with van der Waals surface area (Å²) in [6.45, 7) is 6.56. The second-order valence-electron chi connectivity index (χ2n) is 6.32. The normalized spacial score (nSPS) is 31.2. The van der Waals surface area contributed by atoms with E-state index in [0.29, 0.717) is 12.0 Å². The van der Waals surface area contributed by atoms with Gasteiger partial charge in [0.15, 0.2) is 0 Å². The molecule has 0 amide bonds. The van der Waals surface area contributed by atoms with E-state index in [9.17, 15) is 0 Å². The highest BCUT2D eigenvalue weighted by Gasteiger charge is 2.43. The van der Waals surface area contributed by atoms with Gasteiger partial charge in [-0.15, -0.1) is 0 Å². The average Bonchev–Trinajstić information content (AvgIpc) is 2.45. The molecule has 0 unspecified atom stereocenters. The van der Waals surface area contributed by atoms with Crippen molar-refractivity contribution in [3.05, 3.63) is 29.8 Å². The Balaban J connectivity index is 2.37. The number of methoxy groups -OCH3 is 1. The van der Waals surface area contributed by atoms with Crippen LogP contribution in [0, 0.1) is 5.92 Å². The number of hydrogen-bond donors (Lipinski definition) is 1. The van der Waals surface area contributed by atoms with Crippen LogP contribution in [0.15, 0.2) is 24.3 Å². The molecule has 0 radical (unpaired) electrons. The van der Waals surface area contributed by atoms with Crippen LogP contribution < -0.4 is 10.5 Å². The highest BCUT2D eigenvalue weighted by atomic mass is 16.5. The van der Waals surface area contributed by atoms with E-state index < -0.39 is 0 Å². The molecule has 0 bridgehead atoms. The van der Waals surface area contributed by atoms with E-state index in [4.69, 9.17) is 10.5 Å². The van der Waals surface area contributed by atoms with Gasteiger partial charge in [-0.1, -0.05) is 19.1 Å². The van der Waals surface area contributed by atoms with E-state index >= 15 is 0 Å². The molecular formula is C17H28N2O. The largest absolute Gasteiger partial charge is 0.497 e. The van der Waals surface area contributed by atoms with E-state index in [1.165, 1.54) is 12.0 Å². The van der Waals surface area contributed by atoms with Crippen LogP contribution in [0.25, 0.3) is 0 Å². The maximum absolute atomic E-state index is 5.94. The van der Waals surface area contributed by atoms with Gasteiger partial charge in [-0.25, -0.2) is 0 Å². The summed E-state index contributed by atoms with van der Waals surface area (Å²) < 4.78 is 5.28. The molecule has 112 valence electrons. The fraction of sp³-hybridized carbons (Fsp3) is 0.647. The first-order chi connectivity index (χ1) is 9.53. The number of nitrogens with two attached hydrogens (primary N) is 1. The van der Waals surface area contributed by atoms with Gasteiger partial charge in [0, 0.05) is 18.0 Å². The van der Waals surface area contributed by atoms with Gasteiger partial charge >= 0.3 is 0 Å². The third-order valence-electron chi connectivity index (χ3n) is 5.17. The van der Waals surface area contributed by atoms with E-state index in [1.807, 2.05) is 0 Å². The number of likely N-dealkylation sites (tertiary alicyclic amines) is 1. The number of benzene rings is 1. The molecule has 1 aliphatic rings. The number of ether oxygens (including phenoxy) is 1. The molecule has 0 aliphatic carbocycles. The SMILES string of the molecule is COc1ccc([C@]2(CCN)C[C@@H](C)N(C)C[C@H]2C)cc1. The molecule has 1 fully saturated rings.